The van der Waals surface area contributed by atoms with Crippen molar-refractivity contribution in [2.24, 2.45) is 4.99 Å². The maximum atomic E-state index is 13.5. The fraction of sp³-hybridized carbons (Fsp3) is 0.857. The van der Waals surface area contributed by atoms with Gasteiger partial charge in [0.2, 0.25) is 0 Å². The molecule has 0 saturated heterocycles. The molecule has 0 saturated carbocycles. The number of halogens is 6. The van der Waals surface area contributed by atoms with Crippen LogP contribution in [0.4, 0.5) is 26.3 Å². The molecule has 0 fully saturated rings. The minimum atomic E-state index is -6.47. The molecule has 0 aliphatic carbocycles. The topological polar surface area (TPSA) is 100 Å². The first kappa shape index (κ1) is 30.5. The Bertz CT molecular complexity index is 538. The summed E-state index contributed by atoms with van der Waals surface area (Å²) in [4.78, 5) is 12.8. The van der Waals surface area contributed by atoms with Gasteiger partial charge in [0.05, 0.1) is 0 Å². The van der Waals surface area contributed by atoms with E-state index in [2.05, 4.69) is 4.99 Å². The Labute approximate surface area is 180 Å². The summed E-state index contributed by atoms with van der Waals surface area (Å²) in [5.74, 6) is -25.0. The number of hydrogen-bond acceptors (Lipinski definition) is 6. The molecule has 0 rings (SSSR count). The van der Waals surface area contributed by atoms with Crippen molar-refractivity contribution >= 4 is 20.7 Å². The van der Waals surface area contributed by atoms with Gasteiger partial charge in [0.15, 0.2) is 0 Å². The molecule has 0 aliphatic heterocycles. The van der Waals surface area contributed by atoms with E-state index in [1.165, 1.54) is 0 Å². The molecule has 0 heterocycles. The first-order valence-electron chi connectivity index (χ1n) is 8.26. The van der Waals surface area contributed by atoms with Crippen molar-refractivity contribution in [2.75, 3.05) is 26.4 Å². The van der Waals surface area contributed by atoms with Crippen molar-refractivity contribution in [1.29, 1.82) is 0 Å². The third-order valence-electron chi connectivity index (χ3n) is 3.32. The van der Waals surface area contributed by atoms with Crippen LogP contribution in [0.3, 0.4) is 0 Å². The Morgan fingerprint density at radius 1 is 0.966 bits per heavy atom. The molecular formula is C14H22AgF6NO6Si. The number of alkyl halides is 6. The molecule has 0 bridgehead atoms. The molecule has 0 aromatic heterocycles. The molecule has 0 aliphatic rings. The Morgan fingerprint density at radius 3 is 1.72 bits per heavy atom. The van der Waals surface area contributed by atoms with Gasteiger partial charge in [-0.2, -0.15) is 26.3 Å². The first-order chi connectivity index (χ1) is 12.8. The quantitative estimate of drug-likeness (QED) is 0.117. The minimum absolute atomic E-state index is 0. The molecule has 176 valence electrons. The van der Waals surface area contributed by atoms with Crippen LogP contribution in [0.5, 0.6) is 0 Å². The molecule has 0 amide bonds. The van der Waals surface area contributed by atoms with Gasteiger partial charge in [0, 0.05) is 38.3 Å². The van der Waals surface area contributed by atoms with Gasteiger partial charge in [-0.05, 0) is 27.2 Å². The van der Waals surface area contributed by atoms with Crippen LogP contribution in [-0.2, 0) is 40.5 Å². The fourth-order valence-corrected chi connectivity index (χ4v) is 4.64. The summed E-state index contributed by atoms with van der Waals surface area (Å²) in [5.41, 5.74) is 0. The summed E-state index contributed by atoms with van der Waals surface area (Å²) in [6.45, 7) is 4.84. The van der Waals surface area contributed by atoms with E-state index in [9.17, 15) is 36.2 Å². The van der Waals surface area contributed by atoms with Crippen LogP contribution in [0.1, 0.15) is 27.2 Å². The van der Waals surface area contributed by atoms with Gasteiger partial charge in [-0.25, -0.2) is 4.79 Å². The summed E-state index contributed by atoms with van der Waals surface area (Å²) >= 11 is 0. The van der Waals surface area contributed by atoms with Gasteiger partial charge < -0.3 is 23.5 Å². The van der Waals surface area contributed by atoms with Crippen molar-refractivity contribution in [3.05, 3.63) is 0 Å². The predicted octanol–water partition coefficient (Wildman–Crippen LogP) is 2.17. The summed E-state index contributed by atoms with van der Waals surface area (Å²) in [6, 6.07) is 0.00650. The fourth-order valence-electron chi connectivity index (χ4n) is 2.04. The Balaban J connectivity index is 0. The van der Waals surface area contributed by atoms with Gasteiger partial charge in [0.25, 0.3) is 0 Å². The largest absolute Gasteiger partial charge is 1.00 e. The predicted molar refractivity (Wildman–Crippen MR) is 84.8 cm³/mol. The Kier molecular flexibility index (Phi) is 12.9. The molecule has 29 heavy (non-hydrogen) atoms. The average molecular weight is 550 g/mol. The Morgan fingerprint density at radius 2 is 1.38 bits per heavy atom. The number of carbonyl (C=O) groups is 1. The monoisotopic (exact) mass is 549 g/mol. The van der Waals surface area contributed by atoms with Crippen LogP contribution in [0, 0.1) is 0 Å². The van der Waals surface area contributed by atoms with Crippen molar-refractivity contribution < 1.29 is 77.0 Å². The van der Waals surface area contributed by atoms with Crippen LogP contribution in [-0.4, -0.2) is 69.9 Å². The van der Waals surface area contributed by atoms with E-state index < -0.39 is 45.0 Å². The number of hydrogen-bond donors (Lipinski definition) is 1. The van der Waals surface area contributed by atoms with Crippen LogP contribution in [0.2, 0.25) is 6.04 Å². The van der Waals surface area contributed by atoms with Crippen molar-refractivity contribution in [3.8, 4) is 0 Å². The number of nitrogens with zero attached hydrogens (tertiary/aromatic N) is 1. The van der Waals surface area contributed by atoms with Crippen LogP contribution < -0.4 is 5.11 Å². The summed E-state index contributed by atoms with van der Waals surface area (Å²) < 4.78 is 95.6. The third-order valence-corrected chi connectivity index (χ3v) is 6.47. The average Bonchev–Trinajstić information content (AvgIpc) is 2.58. The number of rotatable bonds is 14. The maximum Gasteiger partial charge on any atom is 1.00 e. The molecule has 0 unspecified atom stereocenters. The molecule has 0 spiro atoms. The summed E-state index contributed by atoms with van der Waals surface area (Å²) in [5, 5.41) is 19.3. The molecular weight excluding hydrogens is 528 g/mol. The number of aliphatic imine (C=N–C) groups is 1. The SMILES string of the molecule is CCO[Si](CCCN=C([O-])C(F)(F)C(F)(F)C(F)(F)C(=O)O)(OCC)OCC.[Ag+]. The molecule has 0 aromatic carbocycles. The van der Waals surface area contributed by atoms with Crippen molar-refractivity contribution in [2.45, 2.75) is 51.0 Å². The van der Waals surface area contributed by atoms with E-state index in [1.54, 1.807) is 20.8 Å². The normalized spacial score (nSPS) is 13.9. The summed E-state index contributed by atoms with van der Waals surface area (Å²) in [7, 11) is -3.20. The number of carboxylic acid groups (broad SMARTS) is 1. The molecule has 0 aromatic rings. The van der Waals surface area contributed by atoms with Gasteiger partial charge in [-0.1, -0.05) is 0 Å². The third kappa shape index (κ3) is 7.22. The molecule has 0 radical (unpaired) electrons. The minimum Gasteiger partial charge on any atom is -0.858 e. The van der Waals surface area contributed by atoms with E-state index in [-0.39, 0.29) is 54.7 Å². The Hall–Kier alpha value is -0.643. The second-order valence-electron chi connectivity index (χ2n) is 5.30. The second kappa shape index (κ2) is 12.3. The number of aliphatic carboxylic acids is 1. The van der Waals surface area contributed by atoms with Gasteiger partial charge in [0.1, 0.15) is 0 Å². The molecule has 0 atom stereocenters. The molecule has 1 N–H and O–H groups in total. The smallest absolute Gasteiger partial charge is 0.858 e. The van der Waals surface area contributed by atoms with Crippen LogP contribution >= 0.6 is 0 Å². The van der Waals surface area contributed by atoms with Crippen molar-refractivity contribution in [3.63, 3.8) is 0 Å². The van der Waals surface area contributed by atoms with E-state index in [0.29, 0.717) is 0 Å². The van der Waals surface area contributed by atoms with Gasteiger partial charge in [-0.15, -0.1) is 0 Å². The second-order valence-corrected chi connectivity index (χ2v) is 8.03. The van der Waals surface area contributed by atoms with E-state index in [4.69, 9.17) is 18.4 Å². The van der Waals surface area contributed by atoms with E-state index in [1.807, 2.05) is 0 Å². The van der Waals surface area contributed by atoms with Gasteiger partial charge >= 0.3 is 54.9 Å². The van der Waals surface area contributed by atoms with Crippen LogP contribution in [0.15, 0.2) is 4.99 Å². The zero-order chi connectivity index (χ0) is 22.2. The number of carboxylic acids is 1. The van der Waals surface area contributed by atoms with E-state index >= 15 is 0 Å². The maximum absolute atomic E-state index is 13.5. The standard InChI is InChI=1S/C14H23F6NO6Si.Ag/c1-4-25-28(26-5-2,27-6-3)9-7-8-21-10(22)12(15,16)14(19,20)13(17,18)11(23)24;/h4-9H2,1-3H3,(H,21,22)(H,23,24);/q;+1/p-1. The summed E-state index contributed by atoms with van der Waals surface area (Å²) in [6.07, 6.45) is -0.158. The zero-order valence-corrected chi connectivity index (χ0v) is 18.2. The van der Waals surface area contributed by atoms with Crippen molar-refractivity contribution in [1.82, 2.24) is 0 Å². The first-order valence-corrected chi connectivity index (χ1v) is 10.2. The molecule has 7 nitrogen and oxygen atoms in total. The van der Waals surface area contributed by atoms with E-state index in [0.717, 1.165) is 0 Å². The van der Waals surface area contributed by atoms with Crippen LogP contribution in [0.25, 0.3) is 0 Å². The van der Waals surface area contributed by atoms with Gasteiger partial charge in [-0.3, -0.25) is 4.99 Å². The molecule has 15 heteroatoms. The zero-order valence-electron chi connectivity index (χ0n) is 15.7.